The van der Waals surface area contributed by atoms with Gasteiger partial charge in [0.15, 0.2) is 0 Å². The summed E-state index contributed by atoms with van der Waals surface area (Å²) in [5, 5.41) is 0.324. The van der Waals surface area contributed by atoms with Crippen molar-refractivity contribution in [3.63, 3.8) is 0 Å². The highest BCUT2D eigenvalue weighted by molar-refractivity contribution is 9.10. The summed E-state index contributed by atoms with van der Waals surface area (Å²) < 4.78 is 10.3. The molecule has 1 rings (SSSR count). The summed E-state index contributed by atoms with van der Waals surface area (Å²) >= 11 is 9.10. The lowest BCUT2D eigenvalue weighted by Gasteiger charge is -2.07. The fraction of sp³-hybridized carbons (Fsp3) is 0.222. The molecule has 1 aromatic rings. The third-order valence-electron chi connectivity index (χ3n) is 1.65. The summed E-state index contributed by atoms with van der Waals surface area (Å²) in [6.45, 7) is 0. The molecule has 0 amide bonds. The molecule has 0 radical (unpaired) electrons. The van der Waals surface area contributed by atoms with Crippen molar-refractivity contribution in [1.29, 1.82) is 0 Å². The Morgan fingerprint density at radius 2 is 2.07 bits per heavy atom. The van der Waals surface area contributed by atoms with Gasteiger partial charge in [-0.1, -0.05) is 11.6 Å². The third-order valence-corrected chi connectivity index (χ3v) is 2.58. The Balaban J connectivity index is 3.24. The molecule has 0 bridgehead atoms. The van der Waals surface area contributed by atoms with E-state index >= 15 is 0 Å². The van der Waals surface area contributed by atoms with Crippen LogP contribution in [0.15, 0.2) is 16.6 Å². The van der Waals surface area contributed by atoms with Crippen molar-refractivity contribution in [3.8, 4) is 5.75 Å². The molecule has 0 saturated carbocycles. The van der Waals surface area contributed by atoms with E-state index < -0.39 is 5.97 Å². The van der Waals surface area contributed by atoms with Crippen LogP contribution in [0.3, 0.4) is 0 Å². The highest BCUT2D eigenvalue weighted by atomic mass is 79.9. The maximum atomic E-state index is 11.2. The smallest absolute Gasteiger partial charge is 0.339 e. The maximum Gasteiger partial charge on any atom is 0.339 e. The standard InChI is InChI=1S/C9H8BrClO3/c1-13-8-3-5(9(12)14-2)7(11)4-6(8)10/h3-4H,1-2H3. The van der Waals surface area contributed by atoms with E-state index in [2.05, 4.69) is 20.7 Å². The van der Waals surface area contributed by atoms with Crippen LogP contribution in [0.25, 0.3) is 0 Å². The lowest BCUT2D eigenvalue weighted by molar-refractivity contribution is 0.0600. The second kappa shape index (κ2) is 4.66. The van der Waals surface area contributed by atoms with Gasteiger partial charge < -0.3 is 9.47 Å². The molecule has 0 saturated heterocycles. The molecule has 3 nitrogen and oxygen atoms in total. The van der Waals surface area contributed by atoms with Crippen LogP contribution in [0.2, 0.25) is 5.02 Å². The van der Waals surface area contributed by atoms with Crippen molar-refractivity contribution < 1.29 is 14.3 Å². The number of ether oxygens (including phenoxy) is 2. The lowest BCUT2D eigenvalue weighted by atomic mass is 10.2. The van der Waals surface area contributed by atoms with Gasteiger partial charge in [0.25, 0.3) is 0 Å². The molecule has 0 aliphatic carbocycles. The van der Waals surface area contributed by atoms with Gasteiger partial charge in [0.1, 0.15) is 5.75 Å². The Hall–Kier alpha value is -0.740. The molecule has 0 atom stereocenters. The topological polar surface area (TPSA) is 35.5 Å². The first kappa shape index (κ1) is 11.3. The van der Waals surface area contributed by atoms with E-state index in [-0.39, 0.29) is 5.56 Å². The van der Waals surface area contributed by atoms with E-state index in [9.17, 15) is 4.79 Å². The van der Waals surface area contributed by atoms with E-state index in [1.165, 1.54) is 20.3 Å². The highest BCUT2D eigenvalue weighted by Crippen LogP contribution is 2.31. The van der Waals surface area contributed by atoms with Gasteiger partial charge in [-0.05, 0) is 28.1 Å². The molecule has 0 unspecified atom stereocenters. The Bertz CT molecular complexity index is 365. The highest BCUT2D eigenvalue weighted by Gasteiger charge is 2.14. The van der Waals surface area contributed by atoms with Crippen molar-refractivity contribution in [1.82, 2.24) is 0 Å². The molecule has 0 aliphatic heterocycles. The Morgan fingerprint density at radius 3 is 2.57 bits per heavy atom. The summed E-state index contributed by atoms with van der Waals surface area (Å²) in [5.41, 5.74) is 0.286. The van der Waals surface area contributed by atoms with Crippen LogP contribution in [0.4, 0.5) is 0 Å². The van der Waals surface area contributed by atoms with E-state index in [0.717, 1.165) is 0 Å². The van der Waals surface area contributed by atoms with Gasteiger partial charge in [-0.25, -0.2) is 4.79 Å². The molecule has 0 aliphatic rings. The number of carbonyl (C=O) groups is 1. The van der Waals surface area contributed by atoms with Crippen LogP contribution in [-0.2, 0) is 4.74 Å². The van der Waals surface area contributed by atoms with Crippen LogP contribution in [-0.4, -0.2) is 20.2 Å². The van der Waals surface area contributed by atoms with Crippen LogP contribution in [0.1, 0.15) is 10.4 Å². The van der Waals surface area contributed by atoms with Crippen LogP contribution < -0.4 is 4.74 Å². The van der Waals surface area contributed by atoms with Gasteiger partial charge in [0.2, 0.25) is 0 Å². The van der Waals surface area contributed by atoms with Gasteiger partial charge in [-0.3, -0.25) is 0 Å². The molecular formula is C9H8BrClO3. The normalized spacial score (nSPS) is 9.71. The molecule has 5 heteroatoms. The average Bonchev–Trinajstić information content (AvgIpc) is 2.17. The molecule has 0 heterocycles. The SMILES string of the molecule is COC(=O)c1cc(OC)c(Br)cc1Cl. The monoisotopic (exact) mass is 278 g/mol. The number of hydrogen-bond donors (Lipinski definition) is 0. The minimum absolute atomic E-state index is 0.286. The zero-order valence-electron chi connectivity index (χ0n) is 7.64. The van der Waals surface area contributed by atoms with Gasteiger partial charge >= 0.3 is 5.97 Å². The minimum Gasteiger partial charge on any atom is -0.496 e. The molecule has 0 fully saturated rings. The molecule has 0 spiro atoms. The van der Waals surface area contributed by atoms with Gasteiger partial charge in [0, 0.05) is 0 Å². The maximum absolute atomic E-state index is 11.2. The summed E-state index contributed by atoms with van der Waals surface area (Å²) in [7, 11) is 2.81. The molecule has 76 valence electrons. The van der Waals surface area contributed by atoms with Crippen LogP contribution >= 0.6 is 27.5 Å². The summed E-state index contributed by atoms with van der Waals surface area (Å²) in [4.78, 5) is 11.2. The van der Waals surface area contributed by atoms with Crippen LogP contribution in [0.5, 0.6) is 5.75 Å². The van der Waals surface area contributed by atoms with Crippen molar-refractivity contribution in [3.05, 3.63) is 27.2 Å². The predicted octanol–water partition coefficient (Wildman–Crippen LogP) is 2.90. The first-order valence-corrected chi connectivity index (χ1v) is 4.88. The zero-order valence-corrected chi connectivity index (χ0v) is 9.98. The van der Waals surface area contributed by atoms with Crippen molar-refractivity contribution >= 4 is 33.5 Å². The van der Waals surface area contributed by atoms with E-state index in [4.69, 9.17) is 16.3 Å². The Kier molecular flexibility index (Phi) is 3.77. The quantitative estimate of drug-likeness (QED) is 0.781. The van der Waals surface area contributed by atoms with Crippen molar-refractivity contribution in [2.24, 2.45) is 0 Å². The number of esters is 1. The van der Waals surface area contributed by atoms with E-state index in [1.54, 1.807) is 6.07 Å². The number of halogens is 2. The number of carbonyl (C=O) groups excluding carboxylic acids is 1. The third kappa shape index (κ3) is 2.19. The zero-order chi connectivity index (χ0) is 10.7. The average molecular weight is 280 g/mol. The van der Waals surface area contributed by atoms with Crippen molar-refractivity contribution in [2.45, 2.75) is 0 Å². The summed E-state index contributed by atoms with van der Waals surface area (Å²) in [6.07, 6.45) is 0. The lowest BCUT2D eigenvalue weighted by Crippen LogP contribution is -2.02. The first-order chi connectivity index (χ1) is 6.60. The molecule has 14 heavy (non-hydrogen) atoms. The second-order valence-corrected chi connectivity index (χ2v) is 3.72. The Morgan fingerprint density at radius 1 is 1.43 bits per heavy atom. The number of rotatable bonds is 2. The van der Waals surface area contributed by atoms with Gasteiger partial charge in [-0.2, -0.15) is 0 Å². The van der Waals surface area contributed by atoms with Gasteiger partial charge in [0.05, 0.1) is 29.3 Å². The van der Waals surface area contributed by atoms with E-state index in [1.807, 2.05) is 0 Å². The first-order valence-electron chi connectivity index (χ1n) is 3.71. The van der Waals surface area contributed by atoms with Crippen molar-refractivity contribution in [2.75, 3.05) is 14.2 Å². The molecule has 1 aromatic carbocycles. The summed E-state index contributed by atoms with van der Waals surface area (Å²) in [6, 6.07) is 3.12. The fourth-order valence-electron chi connectivity index (χ4n) is 0.952. The summed E-state index contributed by atoms with van der Waals surface area (Å²) in [5.74, 6) is 0.0515. The minimum atomic E-state index is -0.485. The fourth-order valence-corrected chi connectivity index (χ4v) is 1.83. The Labute approximate surface area is 95.1 Å². The second-order valence-electron chi connectivity index (χ2n) is 2.46. The number of benzene rings is 1. The number of methoxy groups -OCH3 is 2. The van der Waals surface area contributed by atoms with E-state index in [0.29, 0.717) is 15.2 Å². The molecule has 0 N–H and O–H groups in total. The van der Waals surface area contributed by atoms with Crippen LogP contribution in [0, 0.1) is 0 Å². The molecular weight excluding hydrogens is 271 g/mol. The predicted molar refractivity (Wildman–Crippen MR) is 57.0 cm³/mol. The number of hydrogen-bond acceptors (Lipinski definition) is 3. The molecule has 0 aromatic heterocycles. The van der Waals surface area contributed by atoms with Gasteiger partial charge in [-0.15, -0.1) is 0 Å². The largest absolute Gasteiger partial charge is 0.496 e.